The third-order valence-electron chi connectivity index (χ3n) is 5.29. The van der Waals surface area contributed by atoms with E-state index >= 15 is 0 Å². The van der Waals surface area contributed by atoms with Crippen molar-refractivity contribution >= 4 is 17.5 Å². The van der Waals surface area contributed by atoms with Crippen LogP contribution >= 0.6 is 11.6 Å². The van der Waals surface area contributed by atoms with Gasteiger partial charge < -0.3 is 14.2 Å². The molecule has 0 radical (unpaired) electrons. The largest absolute Gasteiger partial charge is 0.485 e. The number of carbonyl (C=O) groups is 1. The zero-order valence-corrected chi connectivity index (χ0v) is 19.7. The van der Waals surface area contributed by atoms with E-state index in [0.29, 0.717) is 36.8 Å². The van der Waals surface area contributed by atoms with Crippen LogP contribution in [0.25, 0.3) is 23.0 Å². The van der Waals surface area contributed by atoms with Gasteiger partial charge in [-0.05, 0) is 37.8 Å². The van der Waals surface area contributed by atoms with Gasteiger partial charge in [0.25, 0.3) is 5.89 Å². The van der Waals surface area contributed by atoms with Crippen molar-refractivity contribution in [1.82, 2.24) is 25.0 Å². The van der Waals surface area contributed by atoms with Gasteiger partial charge in [-0.1, -0.05) is 30.6 Å². The summed E-state index contributed by atoms with van der Waals surface area (Å²) in [6.45, 7) is 6.41. The first-order chi connectivity index (χ1) is 15.7. The van der Waals surface area contributed by atoms with Crippen LogP contribution in [0.15, 0.2) is 22.7 Å². The lowest BCUT2D eigenvalue weighted by Gasteiger charge is -2.30. The predicted octanol–water partition coefficient (Wildman–Crippen LogP) is 4.49. The van der Waals surface area contributed by atoms with Crippen LogP contribution in [0.2, 0.25) is 5.02 Å². The SMILES string of the molecule is Cc1nc(CC(C)C)cc(-c2nc(-c3cc(F)c(O[C@@H]4CCC(=O)N(C)C4)cc3Cl)no2)n1. The molecule has 1 fully saturated rings. The van der Waals surface area contributed by atoms with Gasteiger partial charge in [-0.15, -0.1) is 0 Å². The number of hydrogen-bond acceptors (Lipinski definition) is 7. The molecule has 1 amide bonds. The Balaban J connectivity index is 1.57. The molecule has 1 aromatic carbocycles. The second kappa shape index (κ2) is 9.43. The zero-order valence-electron chi connectivity index (χ0n) is 18.9. The van der Waals surface area contributed by atoms with E-state index in [9.17, 15) is 9.18 Å². The summed E-state index contributed by atoms with van der Waals surface area (Å²) in [4.78, 5) is 26.4. The van der Waals surface area contributed by atoms with Crippen molar-refractivity contribution in [3.05, 3.63) is 40.6 Å². The molecule has 33 heavy (non-hydrogen) atoms. The Morgan fingerprint density at radius 1 is 1.27 bits per heavy atom. The molecule has 4 rings (SSSR count). The van der Waals surface area contributed by atoms with Crippen molar-refractivity contribution in [1.29, 1.82) is 0 Å². The average molecular weight is 474 g/mol. The number of piperidine rings is 1. The maximum atomic E-state index is 14.8. The van der Waals surface area contributed by atoms with E-state index in [4.69, 9.17) is 20.9 Å². The Kier molecular flexibility index (Phi) is 6.60. The first-order valence-electron chi connectivity index (χ1n) is 10.8. The van der Waals surface area contributed by atoms with Gasteiger partial charge in [0.15, 0.2) is 11.6 Å². The number of carbonyl (C=O) groups excluding carboxylic acids is 1. The molecule has 1 aliphatic heterocycles. The minimum atomic E-state index is -0.600. The van der Waals surface area contributed by atoms with Gasteiger partial charge in [-0.3, -0.25) is 4.79 Å². The van der Waals surface area contributed by atoms with Gasteiger partial charge in [-0.25, -0.2) is 14.4 Å². The molecule has 0 unspecified atom stereocenters. The molecule has 1 saturated heterocycles. The minimum Gasteiger partial charge on any atom is -0.485 e. The molecule has 1 atom stereocenters. The molecule has 0 bridgehead atoms. The summed E-state index contributed by atoms with van der Waals surface area (Å²) >= 11 is 6.41. The van der Waals surface area contributed by atoms with Gasteiger partial charge >= 0.3 is 0 Å². The zero-order chi connectivity index (χ0) is 23.7. The summed E-state index contributed by atoms with van der Waals surface area (Å²) in [6, 6.07) is 4.43. The van der Waals surface area contributed by atoms with Gasteiger partial charge in [0.1, 0.15) is 17.6 Å². The van der Waals surface area contributed by atoms with E-state index in [1.54, 1.807) is 18.9 Å². The van der Waals surface area contributed by atoms with Crippen molar-refractivity contribution in [3.63, 3.8) is 0 Å². The van der Waals surface area contributed by atoms with Crippen LogP contribution in [-0.4, -0.2) is 50.6 Å². The molecule has 10 heteroatoms. The van der Waals surface area contributed by atoms with Gasteiger partial charge in [0, 0.05) is 30.8 Å². The summed E-state index contributed by atoms with van der Waals surface area (Å²) in [5.41, 5.74) is 1.66. The van der Waals surface area contributed by atoms with E-state index in [1.807, 2.05) is 6.07 Å². The Morgan fingerprint density at radius 2 is 2.06 bits per heavy atom. The first-order valence-corrected chi connectivity index (χ1v) is 11.2. The Hall–Kier alpha value is -3.07. The Labute approximate surface area is 196 Å². The molecule has 1 aliphatic rings. The third kappa shape index (κ3) is 5.30. The number of likely N-dealkylation sites (tertiary alicyclic amines) is 1. The molecule has 0 saturated carbocycles. The lowest BCUT2D eigenvalue weighted by molar-refractivity contribution is -0.134. The van der Waals surface area contributed by atoms with Crippen LogP contribution in [0.3, 0.4) is 0 Å². The maximum absolute atomic E-state index is 14.8. The average Bonchev–Trinajstić information content (AvgIpc) is 3.22. The monoisotopic (exact) mass is 473 g/mol. The molecule has 174 valence electrons. The molecule has 0 spiro atoms. The molecule has 0 N–H and O–H groups in total. The van der Waals surface area contributed by atoms with Crippen molar-refractivity contribution in [2.24, 2.45) is 5.92 Å². The number of benzene rings is 1. The van der Waals surface area contributed by atoms with Gasteiger partial charge in [0.2, 0.25) is 11.7 Å². The standard InChI is InChI=1S/C23H25ClFN5O3/c1-12(2)7-14-8-19(27-13(3)26-14)23-28-22(29-33-23)16-9-18(25)20(10-17(16)24)32-15-5-6-21(31)30(4)11-15/h8-10,12,15H,5-7,11H2,1-4H3/t15-/m1/s1. The number of likely N-dealkylation sites (N-methyl/N-ethyl adjacent to an activating group) is 1. The maximum Gasteiger partial charge on any atom is 0.276 e. The highest BCUT2D eigenvalue weighted by atomic mass is 35.5. The molecule has 0 aliphatic carbocycles. The normalized spacial score (nSPS) is 16.5. The van der Waals surface area contributed by atoms with Crippen molar-refractivity contribution < 1.29 is 18.4 Å². The third-order valence-corrected chi connectivity index (χ3v) is 5.61. The molecular weight excluding hydrogens is 449 g/mol. The van der Waals surface area contributed by atoms with E-state index < -0.39 is 5.82 Å². The van der Waals surface area contributed by atoms with Crippen LogP contribution in [0.4, 0.5) is 4.39 Å². The number of halogens is 2. The lowest BCUT2D eigenvalue weighted by Crippen LogP contribution is -2.42. The number of amides is 1. The number of aromatic nitrogens is 4. The highest BCUT2D eigenvalue weighted by Crippen LogP contribution is 2.34. The number of rotatable bonds is 6. The Bertz CT molecular complexity index is 1180. The molecule has 3 aromatic rings. The summed E-state index contributed by atoms with van der Waals surface area (Å²) in [6.07, 6.45) is 1.37. The highest BCUT2D eigenvalue weighted by Gasteiger charge is 2.26. The summed E-state index contributed by atoms with van der Waals surface area (Å²) in [7, 11) is 1.70. The topological polar surface area (TPSA) is 94.2 Å². The van der Waals surface area contributed by atoms with Crippen LogP contribution in [0.1, 0.15) is 38.2 Å². The van der Waals surface area contributed by atoms with Crippen molar-refractivity contribution in [2.75, 3.05) is 13.6 Å². The highest BCUT2D eigenvalue weighted by molar-refractivity contribution is 6.33. The van der Waals surface area contributed by atoms with Crippen molar-refractivity contribution in [3.8, 4) is 28.7 Å². The number of aryl methyl sites for hydroxylation is 1. The van der Waals surface area contributed by atoms with Gasteiger partial charge in [0.05, 0.1) is 11.6 Å². The van der Waals surface area contributed by atoms with Crippen LogP contribution in [-0.2, 0) is 11.2 Å². The van der Waals surface area contributed by atoms with E-state index in [-0.39, 0.29) is 40.1 Å². The Morgan fingerprint density at radius 3 is 2.79 bits per heavy atom. The van der Waals surface area contributed by atoms with E-state index in [0.717, 1.165) is 12.1 Å². The number of nitrogens with zero attached hydrogens (tertiary/aromatic N) is 5. The number of hydrogen-bond donors (Lipinski definition) is 0. The fourth-order valence-electron chi connectivity index (χ4n) is 3.74. The quantitative estimate of drug-likeness (QED) is 0.520. The second-order valence-corrected chi connectivity index (χ2v) is 9.04. The smallest absolute Gasteiger partial charge is 0.276 e. The van der Waals surface area contributed by atoms with Crippen LogP contribution in [0.5, 0.6) is 5.75 Å². The fraction of sp³-hybridized carbons (Fsp3) is 0.435. The predicted molar refractivity (Wildman–Crippen MR) is 120 cm³/mol. The lowest BCUT2D eigenvalue weighted by atomic mass is 10.1. The van der Waals surface area contributed by atoms with Crippen LogP contribution < -0.4 is 4.74 Å². The van der Waals surface area contributed by atoms with E-state index in [1.165, 1.54) is 12.1 Å². The molecule has 2 aromatic heterocycles. The summed E-state index contributed by atoms with van der Waals surface area (Å²) in [5.74, 6) is 0.845. The fourth-order valence-corrected chi connectivity index (χ4v) is 3.98. The van der Waals surface area contributed by atoms with E-state index in [2.05, 4.69) is 34.0 Å². The van der Waals surface area contributed by atoms with Crippen LogP contribution in [0, 0.1) is 18.7 Å². The minimum absolute atomic E-state index is 0.0185. The summed E-state index contributed by atoms with van der Waals surface area (Å²) in [5, 5.41) is 4.19. The molecule has 3 heterocycles. The van der Waals surface area contributed by atoms with Gasteiger partial charge in [-0.2, -0.15) is 4.98 Å². The second-order valence-electron chi connectivity index (χ2n) is 8.63. The first kappa shape index (κ1) is 23.1. The summed E-state index contributed by atoms with van der Waals surface area (Å²) < 4.78 is 26.0. The number of ether oxygens (including phenoxy) is 1. The van der Waals surface area contributed by atoms with Crippen molar-refractivity contribution in [2.45, 2.75) is 46.1 Å². The molecule has 8 nitrogen and oxygen atoms in total. The molecular formula is C23H25ClFN5O3.